The number of rotatable bonds is 3. The van der Waals surface area contributed by atoms with Gasteiger partial charge in [0.15, 0.2) is 5.78 Å². The number of hydrogen-bond acceptors (Lipinski definition) is 3. The smallest absolute Gasteiger partial charge is 0.153 e. The van der Waals surface area contributed by atoms with Crippen molar-refractivity contribution in [2.45, 2.75) is 19.4 Å². The van der Waals surface area contributed by atoms with E-state index in [1.54, 1.807) is 19.3 Å². The SMILES string of the molecule is C[C@H](N)C(=O)Cc1ccncc1. The number of Topliss-reactive ketones (excluding diaryl/α,β-unsaturated/α-hetero) is 1. The monoisotopic (exact) mass is 164 g/mol. The van der Waals surface area contributed by atoms with Crippen LogP contribution in [0.1, 0.15) is 12.5 Å². The highest BCUT2D eigenvalue weighted by Gasteiger charge is 2.07. The molecular weight excluding hydrogens is 152 g/mol. The van der Waals surface area contributed by atoms with Gasteiger partial charge in [-0.3, -0.25) is 9.78 Å². The van der Waals surface area contributed by atoms with Crippen molar-refractivity contribution in [1.82, 2.24) is 4.98 Å². The highest BCUT2D eigenvalue weighted by atomic mass is 16.1. The molecule has 12 heavy (non-hydrogen) atoms. The highest BCUT2D eigenvalue weighted by Crippen LogP contribution is 1.99. The molecule has 1 heterocycles. The van der Waals surface area contributed by atoms with E-state index in [1.165, 1.54) is 0 Å². The van der Waals surface area contributed by atoms with Crippen LogP contribution < -0.4 is 5.73 Å². The molecule has 0 aromatic carbocycles. The first-order valence-electron chi connectivity index (χ1n) is 3.87. The molecule has 3 nitrogen and oxygen atoms in total. The number of carbonyl (C=O) groups excluding carboxylic acids is 1. The van der Waals surface area contributed by atoms with Crippen molar-refractivity contribution < 1.29 is 4.79 Å². The predicted molar refractivity (Wildman–Crippen MR) is 46.6 cm³/mol. The van der Waals surface area contributed by atoms with Crippen LogP contribution >= 0.6 is 0 Å². The molecule has 0 saturated heterocycles. The fraction of sp³-hybridized carbons (Fsp3) is 0.333. The van der Waals surface area contributed by atoms with Gasteiger partial charge in [-0.2, -0.15) is 0 Å². The quantitative estimate of drug-likeness (QED) is 0.709. The predicted octanol–water partition coefficient (Wildman–Crippen LogP) is 0.540. The molecule has 0 radical (unpaired) electrons. The lowest BCUT2D eigenvalue weighted by Crippen LogP contribution is -2.28. The molecule has 64 valence electrons. The van der Waals surface area contributed by atoms with Crippen LogP contribution in [0.25, 0.3) is 0 Å². The minimum atomic E-state index is -0.377. The van der Waals surface area contributed by atoms with Gasteiger partial charge in [0.25, 0.3) is 0 Å². The topological polar surface area (TPSA) is 56.0 Å². The van der Waals surface area contributed by atoms with Crippen molar-refractivity contribution in [2.75, 3.05) is 0 Å². The van der Waals surface area contributed by atoms with Crippen molar-refractivity contribution in [1.29, 1.82) is 0 Å². The maximum absolute atomic E-state index is 11.2. The van der Waals surface area contributed by atoms with Gasteiger partial charge in [-0.15, -0.1) is 0 Å². The molecule has 0 saturated carbocycles. The van der Waals surface area contributed by atoms with Gasteiger partial charge in [-0.05, 0) is 24.6 Å². The first kappa shape index (κ1) is 8.87. The largest absolute Gasteiger partial charge is 0.322 e. The molecule has 1 aromatic heterocycles. The highest BCUT2D eigenvalue weighted by molar-refractivity contribution is 5.85. The molecule has 0 spiro atoms. The summed E-state index contributed by atoms with van der Waals surface area (Å²) in [5, 5.41) is 0. The molecule has 3 heteroatoms. The molecule has 2 N–H and O–H groups in total. The van der Waals surface area contributed by atoms with E-state index in [-0.39, 0.29) is 11.8 Å². The number of pyridine rings is 1. The summed E-state index contributed by atoms with van der Waals surface area (Å²) in [5.74, 6) is 0.0567. The van der Waals surface area contributed by atoms with Crippen LogP contribution in [0.2, 0.25) is 0 Å². The lowest BCUT2D eigenvalue weighted by Gasteiger charge is -2.02. The van der Waals surface area contributed by atoms with Gasteiger partial charge in [-0.1, -0.05) is 0 Å². The molecule has 0 unspecified atom stereocenters. The van der Waals surface area contributed by atoms with Crippen LogP contribution in [0, 0.1) is 0 Å². The Bertz CT molecular complexity index is 256. The van der Waals surface area contributed by atoms with Gasteiger partial charge >= 0.3 is 0 Å². The van der Waals surface area contributed by atoms with Gasteiger partial charge < -0.3 is 5.73 Å². The Morgan fingerprint density at radius 3 is 2.67 bits per heavy atom. The van der Waals surface area contributed by atoms with Crippen molar-refractivity contribution in [3.05, 3.63) is 30.1 Å². The molecule has 1 rings (SSSR count). The third kappa shape index (κ3) is 2.43. The fourth-order valence-electron chi connectivity index (χ4n) is 0.863. The first-order valence-corrected chi connectivity index (χ1v) is 3.87. The van der Waals surface area contributed by atoms with Gasteiger partial charge in [0.1, 0.15) is 0 Å². The minimum absolute atomic E-state index is 0.0567. The standard InChI is InChI=1S/C9H12N2O/c1-7(10)9(12)6-8-2-4-11-5-3-8/h2-5,7H,6,10H2,1H3/t7-/m0/s1. The summed E-state index contributed by atoms with van der Waals surface area (Å²) in [5.41, 5.74) is 6.38. The van der Waals surface area contributed by atoms with Crippen LogP contribution in [0.3, 0.4) is 0 Å². The summed E-state index contributed by atoms with van der Waals surface area (Å²) in [4.78, 5) is 15.0. The van der Waals surface area contributed by atoms with Crippen LogP contribution in [-0.2, 0) is 11.2 Å². The average Bonchev–Trinajstić information content (AvgIpc) is 2.06. The van der Waals surface area contributed by atoms with E-state index < -0.39 is 0 Å². The molecule has 0 aliphatic heterocycles. The number of hydrogen-bond donors (Lipinski definition) is 1. The summed E-state index contributed by atoms with van der Waals surface area (Å²) in [6.45, 7) is 1.70. The van der Waals surface area contributed by atoms with Gasteiger partial charge in [0.05, 0.1) is 6.04 Å². The number of nitrogens with zero attached hydrogens (tertiary/aromatic N) is 1. The summed E-state index contributed by atoms with van der Waals surface area (Å²) < 4.78 is 0. The second-order valence-electron chi connectivity index (χ2n) is 2.79. The molecule has 1 atom stereocenters. The van der Waals surface area contributed by atoms with E-state index >= 15 is 0 Å². The van der Waals surface area contributed by atoms with E-state index in [9.17, 15) is 4.79 Å². The summed E-state index contributed by atoms with van der Waals surface area (Å²) >= 11 is 0. The lowest BCUT2D eigenvalue weighted by atomic mass is 10.1. The van der Waals surface area contributed by atoms with Gasteiger partial charge in [0, 0.05) is 18.8 Å². The number of carbonyl (C=O) groups is 1. The zero-order chi connectivity index (χ0) is 8.97. The third-order valence-corrected chi connectivity index (χ3v) is 1.64. The Morgan fingerprint density at radius 1 is 1.58 bits per heavy atom. The molecule has 1 aromatic rings. The second kappa shape index (κ2) is 3.97. The van der Waals surface area contributed by atoms with Crippen molar-refractivity contribution in [3.63, 3.8) is 0 Å². The van der Waals surface area contributed by atoms with Crippen LogP contribution in [-0.4, -0.2) is 16.8 Å². The maximum atomic E-state index is 11.2. The molecular formula is C9H12N2O. The maximum Gasteiger partial charge on any atom is 0.153 e. The van der Waals surface area contributed by atoms with E-state index in [0.29, 0.717) is 6.42 Å². The summed E-state index contributed by atoms with van der Waals surface area (Å²) in [6, 6.07) is 3.26. The normalized spacial score (nSPS) is 12.5. The molecule has 0 fully saturated rings. The second-order valence-corrected chi connectivity index (χ2v) is 2.79. The summed E-state index contributed by atoms with van der Waals surface area (Å²) in [7, 11) is 0. The van der Waals surface area contributed by atoms with Crippen molar-refractivity contribution >= 4 is 5.78 Å². The molecule has 0 aliphatic carbocycles. The Balaban J connectivity index is 2.59. The summed E-state index contributed by atoms with van der Waals surface area (Å²) in [6.07, 6.45) is 3.74. The van der Waals surface area contributed by atoms with E-state index in [2.05, 4.69) is 4.98 Å². The zero-order valence-electron chi connectivity index (χ0n) is 7.03. The number of nitrogens with two attached hydrogens (primary N) is 1. The Hall–Kier alpha value is -1.22. The Kier molecular flexibility index (Phi) is 2.94. The van der Waals surface area contributed by atoms with Crippen molar-refractivity contribution in [3.8, 4) is 0 Å². The third-order valence-electron chi connectivity index (χ3n) is 1.64. The van der Waals surface area contributed by atoms with Gasteiger partial charge in [0.2, 0.25) is 0 Å². The number of ketones is 1. The van der Waals surface area contributed by atoms with Crippen LogP contribution in [0.4, 0.5) is 0 Å². The molecule has 0 bridgehead atoms. The lowest BCUT2D eigenvalue weighted by molar-refractivity contribution is -0.119. The van der Waals surface area contributed by atoms with E-state index in [4.69, 9.17) is 5.73 Å². The minimum Gasteiger partial charge on any atom is -0.322 e. The fourth-order valence-corrected chi connectivity index (χ4v) is 0.863. The average molecular weight is 164 g/mol. The van der Waals surface area contributed by atoms with Gasteiger partial charge in [-0.25, -0.2) is 0 Å². The van der Waals surface area contributed by atoms with Crippen LogP contribution in [0.15, 0.2) is 24.5 Å². The van der Waals surface area contributed by atoms with Crippen molar-refractivity contribution in [2.24, 2.45) is 5.73 Å². The zero-order valence-corrected chi connectivity index (χ0v) is 7.03. The first-order chi connectivity index (χ1) is 5.70. The van der Waals surface area contributed by atoms with E-state index in [0.717, 1.165) is 5.56 Å². The van der Waals surface area contributed by atoms with Crippen LogP contribution in [0.5, 0.6) is 0 Å². The Labute approximate surface area is 71.6 Å². The number of aromatic nitrogens is 1. The Morgan fingerprint density at radius 2 is 2.17 bits per heavy atom. The van der Waals surface area contributed by atoms with E-state index in [1.807, 2.05) is 12.1 Å². The molecule has 0 aliphatic rings. The molecule has 0 amide bonds.